The Hall–Kier alpha value is -1.49. The largest absolute Gasteiger partial charge is 0.495 e. The standard InChI is InChI=1S/C10H7BrO4/c1-14-9-5-4-8(10(12)13)15-7(5)3-2-6(9)11/h2-4H,1H3,(H,12,13). The van der Waals surface area contributed by atoms with E-state index in [4.69, 9.17) is 14.3 Å². The zero-order valence-electron chi connectivity index (χ0n) is 7.78. The first kappa shape index (κ1) is 10.0. The SMILES string of the molecule is COc1c(Br)ccc2oc(C(=O)O)cc12. The van der Waals surface area contributed by atoms with Gasteiger partial charge in [0.1, 0.15) is 11.3 Å². The van der Waals surface area contributed by atoms with E-state index in [1.807, 2.05) is 0 Å². The lowest BCUT2D eigenvalue weighted by Crippen LogP contribution is -1.91. The van der Waals surface area contributed by atoms with E-state index < -0.39 is 5.97 Å². The summed E-state index contributed by atoms with van der Waals surface area (Å²) in [7, 11) is 1.52. The number of rotatable bonds is 2. The Balaban J connectivity index is 2.75. The molecule has 0 aliphatic rings. The lowest BCUT2D eigenvalue weighted by atomic mass is 10.2. The number of hydrogen-bond acceptors (Lipinski definition) is 3. The highest BCUT2D eigenvalue weighted by Crippen LogP contribution is 2.35. The summed E-state index contributed by atoms with van der Waals surface area (Å²) < 4.78 is 11.0. The number of ether oxygens (including phenoxy) is 1. The number of fused-ring (bicyclic) bond motifs is 1. The molecule has 0 unspecified atom stereocenters. The lowest BCUT2D eigenvalue weighted by Gasteiger charge is -2.02. The van der Waals surface area contributed by atoms with Gasteiger partial charge in [-0.05, 0) is 28.1 Å². The second kappa shape index (κ2) is 3.58. The van der Waals surface area contributed by atoms with E-state index in [9.17, 15) is 4.79 Å². The van der Waals surface area contributed by atoms with Gasteiger partial charge in [0.25, 0.3) is 0 Å². The highest BCUT2D eigenvalue weighted by molar-refractivity contribution is 9.10. The topological polar surface area (TPSA) is 59.7 Å². The van der Waals surface area contributed by atoms with Gasteiger partial charge in [-0.15, -0.1) is 0 Å². The molecule has 1 N–H and O–H groups in total. The quantitative estimate of drug-likeness (QED) is 0.912. The van der Waals surface area contributed by atoms with Gasteiger partial charge < -0.3 is 14.3 Å². The summed E-state index contributed by atoms with van der Waals surface area (Å²) in [6, 6.07) is 4.88. The molecular formula is C10H7BrO4. The van der Waals surface area contributed by atoms with Crippen LogP contribution in [0.3, 0.4) is 0 Å². The van der Waals surface area contributed by atoms with Crippen molar-refractivity contribution in [2.75, 3.05) is 7.11 Å². The zero-order chi connectivity index (χ0) is 11.0. The van der Waals surface area contributed by atoms with Crippen molar-refractivity contribution in [3.63, 3.8) is 0 Å². The van der Waals surface area contributed by atoms with Crippen LogP contribution >= 0.6 is 15.9 Å². The van der Waals surface area contributed by atoms with E-state index in [0.717, 1.165) is 4.47 Å². The molecule has 2 aromatic rings. The molecule has 0 amide bonds. The van der Waals surface area contributed by atoms with Crippen LogP contribution in [0.1, 0.15) is 10.6 Å². The molecule has 78 valence electrons. The van der Waals surface area contributed by atoms with Crippen molar-refractivity contribution in [3.05, 3.63) is 28.4 Å². The first-order valence-corrected chi connectivity index (χ1v) is 4.92. The summed E-state index contributed by atoms with van der Waals surface area (Å²) in [4.78, 5) is 10.7. The second-order valence-corrected chi connectivity index (χ2v) is 3.76. The molecule has 1 aromatic carbocycles. The van der Waals surface area contributed by atoms with Crippen LogP contribution in [0.25, 0.3) is 11.0 Å². The van der Waals surface area contributed by atoms with E-state index in [1.54, 1.807) is 12.1 Å². The summed E-state index contributed by atoms with van der Waals surface area (Å²) in [5.41, 5.74) is 0.493. The van der Waals surface area contributed by atoms with Gasteiger partial charge in [-0.1, -0.05) is 0 Å². The van der Waals surface area contributed by atoms with E-state index in [0.29, 0.717) is 16.7 Å². The third-order valence-corrected chi connectivity index (χ3v) is 2.64. The Morgan fingerprint density at radius 3 is 2.87 bits per heavy atom. The number of halogens is 1. The normalized spacial score (nSPS) is 10.5. The Kier molecular flexibility index (Phi) is 2.40. The molecule has 0 spiro atoms. The molecular weight excluding hydrogens is 264 g/mol. The average molecular weight is 271 g/mol. The number of benzene rings is 1. The highest BCUT2D eigenvalue weighted by Gasteiger charge is 2.15. The summed E-state index contributed by atoms with van der Waals surface area (Å²) in [5.74, 6) is -0.616. The number of furan rings is 1. The number of hydrogen-bond donors (Lipinski definition) is 1. The van der Waals surface area contributed by atoms with Crippen LogP contribution < -0.4 is 4.74 Å². The van der Waals surface area contributed by atoms with Crippen molar-refractivity contribution >= 4 is 32.9 Å². The Bertz CT molecular complexity index is 529. The fourth-order valence-electron chi connectivity index (χ4n) is 1.37. The minimum atomic E-state index is -1.09. The van der Waals surface area contributed by atoms with Crippen LogP contribution in [0.15, 0.2) is 27.1 Å². The minimum Gasteiger partial charge on any atom is -0.495 e. The number of carbonyl (C=O) groups is 1. The third kappa shape index (κ3) is 1.59. The maximum Gasteiger partial charge on any atom is 0.371 e. The van der Waals surface area contributed by atoms with Gasteiger partial charge in [-0.2, -0.15) is 0 Å². The van der Waals surface area contributed by atoms with E-state index in [-0.39, 0.29) is 5.76 Å². The van der Waals surface area contributed by atoms with Gasteiger partial charge in [0.05, 0.1) is 17.0 Å². The van der Waals surface area contributed by atoms with Crippen LogP contribution in [0.4, 0.5) is 0 Å². The van der Waals surface area contributed by atoms with Gasteiger partial charge >= 0.3 is 5.97 Å². The van der Waals surface area contributed by atoms with Gasteiger partial charge in [-0.3, -0.25) is 0 Å². The summed E-state index contributed by atoms with van der Waals surface area (Å²) >= 11 is 3.31. The summed E-state index contributed by atoms with van der Waals surface area (Å²) in [6.45, 7) is 0. The van der Waals surface area contributed by atoms with Crippen molar-refractivity contribution in [2.24, 2.45) is 0 Å². The smallest absolute Gasteiger partial charge is 0.371 e. The molecule has 1 aromatic heterocycles. The fraction of sp³-hybridized carbons (Fsp3) is 0.100. The Labute approximate surface area is 93.6 Å². The predicted octanol–water partition coefficient (Wildman–Crippen LogP) is 2.90. The summed E-state index contributed by atoms with van der Waals surface area (Å²) in [6.07, 6.45) is 0. The molecule has 5 heteroatoms. The van der Waals surface area contributed by atoms with Gasteiger partial charge in [-0.25, -0.2) is 4.79 Å². The molecule has 0 fully saturated rings. The van der Waals surface area contributed by atoms with Crippen LogP contribution in [0, 0.1) is 0 Å². The number of aromatic carboxylic acids is 1. The van der Waals surface area contributed by atoms with Crippen LogP contribution in [-0.2, 0) is 0 Å². The molecule has 2 rings (SSSR count). The van der Waals surface area contributed by atoms with E-state index >= 15 is 0 Å². The monoisotopic (exact) mass is 270 g/mol. The van der Waals surface area contributed by atoms with Crippen LogP contribution in [-0.4, -0.2) is 18.2 Å². The fourth-order valence-corrected chi connectivity index (χ4v) is 1.88. The maximum atomic E-state index is 10.7. The lowest BCUT2D eigenvalue weighted by molar-refractivity contribution is 0.0665. The first-order chi connectivity index (χ1) is 7.13. The minimum absolute atomic E-state index is 0.0959. The first-order valence-electron chi connectivity index (χ1n) is 4.13. The van der Waals surface area contributed by atoms with E-state index in [1.165, 1.54) is 13.2 Å². The summed E-state index contributed by atoms with van der Waals surface area (Å²) in [5, 5.41) is 9.42. The van der Waals surface area contributed by atoms with Crippen molar-refractivity contribution in [2.45, 2.75) is 0 Å². The van der Waals surface area contributed by atoms with Crippen molar-refractivity contribution in [3.8, 4) is 5.75 Å². The average Bonchev–Trinajstić information content (AvgIpc) is 2.61. The highest BCUT2D eigenvalue weighted by atomic mass is 79.9. The second-order valence-electron chi connectivity index (χ2n) is 2.91. The van der Waals surface area contributed by atoms with Crippen molar-refractivity contribution in [1.29, 1.82) is 0 Å². The van der Waals surface area contributed by atoms with Crippen molar-refractivity contribution in [1.82, 2.24) is 0 Å². The molecule has 0 saturated carbocycles. The molecule has 0 aliphatic heterocycles. The molecule has 15 heavy (non-hydrogen) atoms. The number of carboxylic acids is 1. The number of methoxy groups -OCH3 is 1. The Morgan fingerprint density at radius 2 is 2.27 bits per heavy atom. The Morgan fingerprint density at radius 1 is 1.53 bits per heavy atom. The maximum absolute atomic E-state index is 10.7. The van der Waals surface area contributed by atoms with Gasteiger partial charge in [0.2, 0.25) is 5.76 Å². The molecule has 0 atom stereocenters. The molecule has 4 nitrogen and oxygen atoms in total. The third-order valence-electron chi connectivity index (χ3n) is 2.02. The number of carboxylic acid groups (broad SMARTS) is 1. The zero-order valence-corrected chi connectivity index (χ0v) is 9.37. The van der Waals surface area contributed by atoms with Crippen molar-refractivity contribution < 1.29 is 19.1 Å². The molecule has 1 heterocycles. The molecule has 0 bridgehead atoms. The van der Waals surface area contributed by atoms with Crippen LogP contribution in [0.5, 0.6) is 5.75 Å². The van der Waals surface area contributed by atoms with E-state index in [2.05, 4.69) is 15.9 Å². The molecule has 0 radical (unpaired) electrons. The predicted molar refractivity (Wildman–Crippen MR) is 57.4 cm³/mol. The molecule has 0 saturated heterocycles. The van der Waals surface area contributed by atoms with Gasteiger partial charge in [0.15, 0.2) is 0 Å². The van der Waals surface area contributed by atoms with Crippen LogP contribution in [0.2, 0.25) is 0 Å². The molecule has 0 aliphatic carbocycles. The van der Waals surface area contributed by atoms with Gasteiger partial charge in [0, 0.05) is 6.07 Å².